The van der Waals surface area contributed by atoms with E-state index in [0.717, 1.165) is 25.0 Å². The van der Waals surface area contributed by atoms with Gasteiger partial charge in [0.1, 0.15) is 5.78 Å². The molecule has 0 amide bonds. The van der Waals surface area contributed by atoms with Crippen LogP contribution in [0.25, 0.3) is 0 Å². The first-order valence-corrected chi connectivity index (χ1v) is 5.92. The largest absolute Gasteiger partial charge is 0.381 e. The predicted molar refractivity (Wildman–Crippen MR) is 63.4 cm³/mol. The van der Waals surface area contributed by atoms with Crippen LogP contribution in [0, 0.1) is 12.8 Å². The lowest BCUT2D eigenvalue weighted by Crippen LogP contribution is -2.26. The number of hydrogen-bond donors (Lipinski definition) is 0. The number of hydrogen-bond acceptors (Lipinski definition) is 2. The van der Waals surface area contributed by atoms with Crippen LogP contribution in [0.5, 0.6) is 0 Å². The fourth-order valence-corrected chi connectivity index (χ4v) is 2.05. The Labute approximate surface area is 96.6 Å². The molecule has 0 spiro atoms. The highest BCUT2D eigenvalue weighted by Crippen LogP contribution is 2.17. The fraction of sp³-hybridized carbons (Fsp3) is 0.500. The Bertz CT molecular complexity index is 348. The SMILES string of the molecule is Cc1ccc(CC(=O)C2CCCOC2)cc1. The van der Waals surface area contributed by atoms with E-state index in [4.69, 9.17) is 4.74 Å². The van der Waals surface area contributed by atoms with Gasteiger partial charge in [0.15, 0.2) is 0 Å². The van der Waals surface area contributed by atoms with Gasteiger partial charge in [-0.3, -0.25) is 4.79 Å². The molecule has 1 aliphatic rings. The molecule has 1 saturated heterocycles. The molecule has 2 nitrogen and oxygen atoms in total. The maximum Gasteiger partial charge on any atom is 0.142 e. The van der Waals surface area contributed by atoms with Crippen LogP contribution in [0.15, 0.2) is 24.3 Å². The molecule has 0 bridgehead atoms. The molecule has 16 heavy (non-hydrogen) atoms. The van der Waals surface area contributed by atoms with E-state index < -0.39 is 0 Å². The number of Topliss-reactive ketones (excluding diaryl/α,β-unsaturated/α-hetero) is 1. The molecule has 86 valence electrons. The summed E-state index contributed by atoms with van der Waals surface area (Å²) in [5.41, 5.74) is 2.35. The maximum absolute atomic E-state index is 12.0. The molecule has 0 N–H and O–H groups in total. The van der Waals surface area contributed by atoms with Gasteiger partial charge in [-0.1, -0.05) is 29.8 Å². The quantitative estimate of drug-likeness (QED) is 0.779. The van der Waals surface area contributed by atoms with Gasteiger partial charge in [-0.2, -0.15) is 0 Å². The van der Waals surface area contributed by atoms with E-state index >= 15 is 0 Å². The van der Waals surface area contributed by atoms with Crippen LogP contribution in [0.2, 0.25) is 0 Å². The molecule has 0 aliphatic carbocycles. The second-order valence-electron chi connectivity index (χ2n) is 4.54. The van der Waals surface area contributed by atoms with Crippen molar-refractivity contribution in [2.24, 2.45) is 5.92 Å². The van der Waals surface area contributed by atoms with E-state index in [-0.39, 0.29) is 5.92 Å². The fourth-order valence-electron chi connectivity index (χ4n) is 2.05. The molecule has 2 heteroatoms. The lowest BCUT2D eigenvalue weighted by atomic mass is 9.93. The van der Waals surface area contributed by atoms with Crippen molar-refractivity contribution in [1.29, 1.82) is 0 Å². The number of ketones is 1. The highest BCUT2D eigenvalue weighted by atomic mass is 16.5. The van der Waals surface area contributed by atoms with Crippen molar-refractivity contribution in [3.8, 4) is 0 Å². The van der Waals surface area contributed by atoms with Crippen molar-refractivity contribution in [3.05, 3.63) is 35.4 Å². The second kappa shape index (κ2) is 5.26. The van der Waals surface area contributed by atoms with Crippen molar-refractivity contribution in [2.45, 2.75) is 26.2 Å². The standard InChI is InChI=1S/C14H18O2/c1-11-4-6-12(7-5-11)9-14(15)13-3-2-8-16-10-13/h4-7,13H,2-3,8-10H2,1H3. The molecule has 1 aliphatic heterocycles. The Morgan fingerprint density at radius 2 is 2.12 bits per heavy atom. The van der Waals surface area contributed by atoms with E-state index in [0.29, 0.717) is 18.8 Å². The lowest BCUT2D eigenvalue weighted by Gasteiger charge is -2.20. The Kier molecular flexibility index (Phi) is 3.73. The molecular weight excluding hydrogens is 200 g/mol. The first-order chi connectivity index (χ1) is 7.75. The van der Waals surface area contributed by atoms with Crippen molar-refractivity contribution in [1.82, 2.24) is 0 Å². The topological polar surface area (TPSA) is 26.3 Å². The zero-order chi connectivity index (χ0) is 11.4. The summed E-state index contributed by atoms with van der Waals surface area (Å²) in [4.78, 5) is 12.0. The maximum atomic E-state index is 12.0. The number of carbonyl (C=O) groups excluding carboxylic acids is 1. The number of ether oxygens (including phenoxy) is 1. The Morgan fingerprint density at radius 1 is 1.38 bits per heavy atom. The van der Waals surface area contributed by atoms with Gasteiger partial charge in [0.05, 0.1) is 6.61 Å². The van der Waals surface area contributed by atoms with Gasteiger partial charge in [0, 0.05) is 18.9 Å². The summed E-state index contributed by atoms with van der Waals surface area (Å²) in [6, 6.07) is 8.19. The predicted octanol–water partition coefficient (Wildman–Crippen LogP) is 2.53. The van der Waals surface area contributed by atoms with E-state index in [1.54, 1.807) is 0 Å². The lowest BCUT2D eigenvalue weighted by molar-refractivity contribution is -0.126. The summed E-state index contributed by atoms with van der Waals surface area (Å²) in [7, 11) is 0. The third kappa shape index (κ3) is 2.92. The first-order valence-electron chi connectivity index (χ1n) is 5.92. The van der Waals surface area contributed by atoms with Crippen molar-refractivity contribution in [2.75, 3.05) is 13.2 Å². The summed E-state index contributed by atoms with van der Waals surface area (Å²) >= 11 is 0. The normalized spacial score (nSPS) is 20.7. The highest BCUT2D eigenvalue weighted by molar-refractivity contribution is 5.83. The van der Waals surface area contributed by atoms with Gasteiger partial charge >= 0.3 is 0 Å². The van der Waals surface area contributed by atoms with E-state index in [9.17, 15) is 4.79 Å². The molecule has 1 fully saturated rings. The van der Waals surface area contributed by atoms with E-state index in [1.807, 2.05) is 12.1 Å². The molecule has 1 heterocycles. The summed E-state index contributed by atoms with van der Waals surface area (Å²) < 4.78 is 5.34. The average Bonchev–Trinajstić information content (AvgIpc) is 2.33. The third-order valence-electron chi connectivity index (χ3n) is 3.11. The van der Waals surface area contributed by atoms with Gasteiger partial charge in [-0.25, -0.2) is 0 Å². The third-order valence-corrected chi connectivity index (χ3v) is 3.11. The van der Waals surface area contributed by atoms with Gasteiger partial charge in [0.2, 0.25) is 0 Å². The van der Waals surface area contributed by atoms with Gasteiger partial charge in [-0.05, 0) is 25.3 Å². The first kappa shape index (κ1) is 11.3. The summed E-state index contributed by atoms with van der Waals surface area (Å²) in [6.07, 6.45) is 2.56. The Morgan fingerprint density at radius 3 is 2.75 bits per heavy atom. The van der Waals surface area contributed by atoms with Crippen molar-refractivity contribution in [3.63, 3.8) is 0 Å². The summed E-state index contributed by atoms with van der Waals surface area (Å²) in [5, 5.41) is 0. The van der Waals surface area contributed by atoms with Crippen LogP contribution in [-0.2, 0) is 16.0 Å². The molecule has 1 atom stereocenters. The Hall–Kier alpha value is -1.15. The minimum Gasteiger partial charge on any atom is -0.381 e. The number of benzene rings is 1. The molecule has 0 radical (unpaired) electrons. The zero-order valence-corrected chi connectivity index (χ0v) is 9.74. The molecular formula is C14H18O2. The molecule has 2 rings (SSSR count). The van der Waals surface area contributed by atoms with Crippen LogP contribution in [0.1, 0.15) is 24.0 Å². The van der Waals surface area contributed by atoms with E-state index in [2.05, 4.69) is 19.1 Å². The number of rotatable bonds is 3. The number of aryl methyl sites for hydroxylation is 1. The van der Waals surface area contributed by atoms with Crippen LogP contribution >= 0.6 is 0 Å². The minimum absolute atomic E-state index is 0.120. The summed E-state index contributed by atoms with van der Waals surface area (Å²) in [6.45, 7) is 3.49. The molecule has 1 aromatic carbocycles. The summed E-state index contributed by atoms with van der Waals surface area (Å²) in [5.74, 6) is 0.443. The molecule has 1 unspecified atom stereocenters. The average molecular weight is 218 g/mol. The number of carbonyl (C=O) groups is 1. The molecule has 0 aromatic heterocycles. The van der Waals surface area contributed by atoms with Crippen molar-refractivity contribution < 1.29 is 9.53 Å². The van der Waals surface area contributed by atoms with E-state index in [1.165, 1.54) is 5.56 Å². The van der Waals surface area contributed by atoms with Gasteiger partial charge < -0.3 is 4.74 Å². The zero-order valence-electron chi connectivity index (χ0n) is 9.74. The molecule has 1 aromatic rings. The highest BCUT2D eigenvalue weighted by Gasteiger charge is 2.21. The van der Waals surface area contributed by atoms with Crippen LogP contribution < -0.4 is 0 Å². The van der Waals surface area contributed by atoms with Crippen molar-refractivity contribution >= 4 is 5.78 Å². The van der Waals surface area contributed by atoms with Crippen LogP contribution in [0.4, 0.5) is 0 Å². The Balaban J connectivity index is 1.93. The smallest absolute Gasteiger partial charge is 0.142 e. The van der Waals surface area contributed by atoms with Gasteiger partial charge in [0.25, 0.3) is 0 Å². The minimum atomic E-state index is 0.120. The monoisotopic (exact) mass is 218 g/mol. The van der Waals surface area contributed by atoms with Crippen LogP contribution in [-0.4, -0.2) is 19.0 Å². The van der Waals surface area contributed by atoms with Gasteiger partial charge in [-0.15, -0.1) is 0 Å². The van der Waals surface area contributed by atoms with Crippen LogP contribution in [0.3, 0.4) is 0 Å². The molecule has 0 saturated carbocycles. The second-order valence-corrected chi connectivity index (χ2v) is 4.54.